The maximum atomic E-state index is 13.9. The lowest BCUT2D eigenvalue weighted by molar-refractivity contribution is 0.628. The Morgan fingerprint density at radius 1 is 0.848 bits per heavy atom. The molecule has 3 heterocycles. The molecule has 3 aromatic carbocycles. The molecule has 0 unspecified atom stereocenters. The summed E-state index contributed by atoms with van der Waals surface area (Å²) in [7, 11) is 0. The molecule has 2 aromatic heterocycles. The molecule has 0 aliphatic carbocycles. The van der Waals surface area contributed by atoms with Gasteiger partial charge in [0.25, 0.3) is 0 Å². The lowest BCUT2D eigenvalue weighted by atomic mass is 10.0. The maximum Gasteiger partial charge on any atom is 0.163 e. The van der Waals surface area contributed by atoms with Crippen LogP contribution >= 0.6 is 0 Å². The Labute approximate surface area is 191 Å². The summed E-state index contributed by atoms with van der Waals surface area (Å²) >= 11 is 0. The van der Waals surface area contributed by atoms with Gasteiger partial charge in [-0.2, -0.15) is 0 Å². The number of anilines is 2. The summed E-state index contributed by atoms with van der Waals surface area (Å²) < 4.78 is 13.9. The monoisotopic (exact) mass is 432 g/mol. The van der Waals surface area contributed by atoms with Crippen LogP contribution in [0.2, 0.25) is 0 Å². The van der Waals surface area contributed by atoms with Gasteiger partial charge in [-0.05, 0) is 72.5 Å². The van der Waals surface area contributed by atoms with E-state index in [4.69, 9.17) is 9.97 Å². The van der Waals surface area contributed by atoms with Crippen LogP contribution < -0.4 is 4.90 Å². The smallest absolute Gasteiger partial charge is 0.163 e. The predicted octanol–water partition coefficient (Wildman–Crippen LogP) is 6.50. The van der Waals surface area contributed by atoms with Crippen LogP contribution in [-0.2, 0) is 6.42 Å². The summed E-state index contributed by atoms with van der Waals surface area (Å²) in [5, 5.41) is 0.942. The second-order valence-electron chi connectivity index (χ2n) is 8.39. The number of halogens is 1. The zero-order chi connectivity index (χ0) is 22.4. The second kappa shape index (κ2) is 7.78. The third kappa shape index (κ3) is 3.52. The van der Waals surface area contributed by atoms with Gasteiger partial charge in [0.1, 0.15) is 11.6 Å². The largest absolute Gasteiger partial charge is 0.325 e. The van der Waals surface area contributed by atoms with E-state index < -0.39 is 0 Å². The first-order chi connectivity index (χ1) is 16.2. The molecule has 0 radical (unpaired) electrons. The molecule has 0 amide bonds. The first-order valence-corrected chi connectivity index (χ1v) is 11.0. The Morgan fingerprint density at radius 2 is 1.73 bits per heavy atom. The first-order valence-electron chi connectivity index (χ1n) is 11.0. The quantitative estimate of drug-likeness (QED) is 0.326. The molecule has 160 valence electrons. The van der Waals surface area contributed by atoms with Crippen molar-refractivity contribution in [3.8, 4) is 22.5 Å². The van der Waals surface area contributed by atoms with Crippen molar-refractivity contribution < 1.29 is 4.39 Å². The molecule has 33 heavy (non-hydrogen) atoms. The molecule has 0 bridgehead atoms. The van der Waals surface area contributed by atoms with Gasteiger partial charge >= 0.3 is 0 Å². The van der Waals surface area contributed by atoms with E-state index in [-0.39, 0.29) is 5.82 Å². The minimum absolute atomic E-state index is 0.250. The molecule has 6 rings (SSSR count). The number of nitrogens with zero attached hydrogens (tertiary/aromatic N) is 4. The molecule has 4 nitrogen and oxygen atoms in total. The van der Waals surface area contributed by atoms with Crippen molar-refractivity contribution in [2.45, 2.75) is 13.3 Å². The van der Waals surface area contributed by atoms with E-state index >= 15 is 0 Å². The molecule has 1 aliphatic rings. The van der Waals surface area contributed by atoms with Crippen molar-refractivity contribution in [1.82, 2.24) is 15.0 Å². The summed E-state index contributed by atoms with van der Waals surface area (Å²) in [4.78, 5) is 16.4. The highest BCUT2D eigenvalue weighted by atomic mass is 19.1. The topological polar surface area (TPSA) is 41.9 Å². The maximum absolute atomic E-state index is 13.9. The van der Waals surface area contributed by atoms with E-state index in [9.17, 15) is 4.39 Å². The van der Waals surface area contributed by atoms with Crippen LogP contribution in [0, 0.1) is 12.7 Å². The highest BCUT2D eigenvalue weighted by Gasteiger charge is 2.24. The normalized spacial score (nSPS) is 12.8. The Kier molecular flexibility index (Phi) is 4.61. The molecule has 5 aromatic rings. The van der Waals surface area contributed by atoms with Gasteiger partial charge in [-0.3, -0.25) is 4.98 Å². The number of benzene rings is 3. The molecular formula is C28H21FN4. The number of aromatic nitrogens is 3. The Morgan fingerprint density at radius 3 is 2.58 bits per heavy atom. The summed E-state index contributed by atoms with van der Waals surface area (Å²) in [5.74, 6) is 1.25. The SMILES string of the molecule is Cc1ccc2c(c1)CCN2c1nc(-c2cccnc2)nc2ccc(-c3cccc(F)c3)cc12. The number of fused-ring (bicyclic) bond motifs is 2. The average Bonchev–Trinajstić information content (AvgIpc) is 3.26. The van der Waals surface area contributed by atoms with Crippen LogP contribution in [-0.4, -0.2) is 21.5 Å². The van der Waals surface area contributed by atoms with Gasteiger partial charge < -0.3 is 4.90 Å². The number of rotatable bonds is 3. The molecule has 0 fully saturated rings. The number of aryl methyl sites for hydroxylation is 1. The van der Waals surface area contributed by atoms with Gasteiger partial charge in [0.15, 0.2) is 5.82 Å². The second-order valence-corrected chi connectivity index (χ2v) is 8.39. The fraction of sp³-hybridized carbons (Fsp3) is 0.107. The molecular weight excluding hydrogens is 411 g/mol. The molecule has 5 heteroatoms. The van der Waals surface area contributed by atoms with Crippen molar-refractivity contribution >= 4 is 22.4 Å². The zero-order valence-corrected chi connectivity index (χ0v) is 18.2. The molecule has 1 aliphatic heterocycles. The van der Waals surface area contributed by atoms with Crippen molar-refractivity contribution in [2.75, 3.05) is 11.4 Å². The van der Waals surface area contributed by atoms with Gasteiger partial charge in [-0.15, -0.1) is 0 Å². The first kappa shape index (κ1) is 19.6. The van der Waals surface area contributed by atoms with Gasteiger partial charge in [0.05, 0.1) is 5.52 Å². The van der Waals surface area contributed by atoms with Crippen molar-refractivity contribution in [3.63, 3.8) is 0 Å². The zero-order valence-electron chi connectivity index (χ0n) is 18.2. The average molecular weight is 433 g/mol. The standard InChI is InChI=1S/C28H21FN4/c1-18-7-10-26-21(14-18)11-13-33(26)28-24-16-20(19-4-2-6-23(29)15-19)8-9-25(24)31-27(32-28)22-5-3-12-30-17-22/h2-10,12,14-17H,11,13H2,1H3. The van der Waals surface area contributed by atoms with Gasteiger partial charge in [-0.1, -0.05) is 35.9 Å². The Balaban J connectivity index is 1.58. The number of pyridine rings is 1. The fourth-order valence-corrected chi connectivity index (χ4v) is 4.54. The van der Waals surface area contributed by atoms with E-state index in [1.165, 1.54) is 22.9 Å². The minimum atomic E-state index is -0.250. The summed E-state index contributed by atoms with van der Waals surface area (Å²) in [6.45, 7) is 2.97. The summed E-state index contributed by atoms with van der Waals surface area (Å²) in [6.07, 6.45) is 4.50. The Hall–Kier alpha value is -4.12. The van der Waals surface area contributed by atoms with Crippen LogP contribution in [0.4, 0.5) is 15.9 Å². The third-order valence-electron chi connectivity index (χ3n) is 6.14. The number of hydrogen-bond donors (Lipinski definition) is 0. The summed E-state index contributed by atoms with van der Waals surface area (Å²) in [6, 6.07) is 23.1. The lowest BCUT2D eigenvalue weighted by Crippen LogP contribution is -2.16. The van der Waals surface area contributed by atoms with E-state index in [1.807, 2.05) is 30.3 Å². The van der Waals surface area contributed by atoms with Crippen LogP contribution in [0.3, 0.4) is 0 Å². The van der Waals surface area contributed by atoms with Crippen LogP contribution in [0.25, 0.3) is 33.4 Å². The van der Waals surface area contributed by atoms with Crippen molar-refractivity contribution in [1.29, 1.82) is 0 Å². The van der Waals surface area contributed by atoms with Crippen LogP contribution in [0.15, 0.2) is 85.2 Å². The highest BCUT2D eigenvalue weighted by molar-refractivity contribution is 5.96. The van der Waals surface area contributed by atoms with E-state index in [0.29, 0.717) is 5.82 Å². The van der Waals surface area contributed by atoms with Gasteiger partial charge in [0, 0.05) is 35.6 Å². The van der Waals surface area contributed by atoms with Gasteiger partial charge in [0.2, 0.25) is 0 Å². The molecule has 0 spiro atoms. The van der Waals surface area contributed by atoms with E-state index in [0.717, 1.165) is 46.4 Å². The van der Waals surface area contributed by atoms with Crippen LogP contribution in [0.1, 0.15) is 11.1 Å². The van der Waals surface area contributed by atoms with Crippen LogP contribution in [0.5, 0.6) is 0 Å². The predicted molar refractivity (Wildman–Crippen MR) is 130 cm³/mol. The molecule has 0 atom stereocenters. The molecule has 0 saturated heterocycles. The lowest BCUT2D eigenvalue weighted by Gasteiger charge is -2.21. The van der Waals surface area contributed by atoms with E-state index in [1.54, 1.807) is 24.5 Å². The molecule has 0 saturated carbocycles. The van der Waals surface area contributed by atoms with Gasteiger partial charge in [-0.25, -0.2) is 14.4 Å². The highest BCUT2D eigenvalue weighted by Crippen LogP contribution is 2.39. The summed E-state index contributed by atoms with van der Waals surface area (Å²) in [5.41, 5.74) is 7.24. The Bertz CT molecular complexity index is 1500. The fourth-order valence-electron chi connectivity index (χ4n) is 4.54. The third-order valence-corrected chi connectivity index (χ3v) is 6.14. The van der Waals surface area contributed by atoms with Crippen molar-refractivity contribution in [3.05, 3.63) is 102 Å². The molecule has 0 N–H and O–H groups in total. The van der Waals surface area contributed by atoms with E-state index in [2.05, 4.69) is 41.1 Å². The minimum Gasteiger partial charge on any atom is -0.325 e. The number of hydrogen-bond acceptors (Lipinski definition) is 4. The van der Waals surface area contributed by atoms with Crippen molar-refractivity contribution in [2.24, 2.45) is 0 Å².